The number of allylic oxidation sites excluding steroid dienone is 1. The summed E-state index contributed by atoms with van der Waals surface area (Å²) in [4.78, 5) is 23.0. The highest BCUT2D eigenvalue weighted by Gasteiger charge is 2.03. The first-order valence-corrected chi connectivity index (χ1v) is 8.10. The number of benzene rings is 3. The van der Waals surface area contributed by atoms with E-state index in [-0.39, 0.29) is 11.3 Å². The number of carbonyl (C=O) groups excluding carboxylic acids is 1. The molecule has 0 aliphatic carbocycles. The number of carboxylic acid groups (broad SMARTS) is 1. The van der Waals surface area contributed by atoms with E-state index < -0.39 is 5.97 Å². The van der Waals surface area contributed by atoms with Gasteiger partial charge >= 0.3 is 5.97 Å². The summed E-state index contributed by atoms with van der Waals surface area (Å²) in [6.07, 6.45) is 2.99. The van der Waals surface area contributed by atoms with Gasteiger partial charge in [0.05, 0.1) is 5.56 Å². The van der Waals surface area contributed by atoms with Crippen molar-refractivity contribution < 1.29 is 14.7 Å². The Hall–Kier alpha value is -3.66. The van der Waals surface area contributed by atoms with Crippen LogP contribution in [0.15, 0.2) is 91.1 Å². The number of nitrogens with one attached hydrogen (secondary N) is 1. The molecular weight excluding hydrogens is 326 g/mol. The fourth-order valence-corrected chi connectivity index (χ4v) is 2.48. The van der Waals surface area contributed by atoms with Crippen LogP contribution < -0.4 is 5.32 Å². The van der Waals surface area contributed by atoms with Crippen LogP contribution in [-0.2, 0) is 0 Å². The molecular formula is C22H17NO3. The fraction of sp³-hybridized carbons (Fsp3) is 0. The van der Waals surface area contributed by atoms with Gasteiger partial charge in [0.25, 0.3) is 0 Å². The first-order valence-electron chi connectivity index (χ1n) is 8.10. The van der Waals surface area contributed by atoms with Crippen LogP contribution in [0.1, 0.15) is 20.7 Å². The van der Waals surface area contributed by atoms with Crippen molar-refractivity contribution in [2.45, 2.75) is 0 Å². The van der Waals surface area contributed by atoms with E-state index in [2.05, 4.69) is 5.32 Å². The Morgan fingerprint density at radius 3 is 1.92 bits per heavy atom. The molecule has 0 radical (unpaired) electrons. The maximum atomic E-state index is 12.2. The predicted molar refractivity (Wildman–Crippen MR) is 102 cm³/mol. The highest BCUT2D eigenvalue weighted by Crippen LogP contribution is 2.19. The Kier molecular flexibility index (Phi) is 5.25. The van der Waals surface area contributed by atoms with Crippen molar-refractivity contribution in [2.75, 3.05) is 5.32 Å². The van der Waals surface area contributed by atoms with Crippen LogP contribution in [0, 0.1) is 0 Å². The Balaban J connectivity index is 1.62. The van der Waals surface area contributed by atoms with Crippen molar-refractivity contribution in [2.24, 2.45) is 0 Å². The van der Waals surface area contributed by atoms with Gasteiger partial charge in [0.2, 0.25) is 0 Å². The highest BCUT2D eigenvalue weighted by molar-refractivity contribution is 6.04. The molecule has 0 amide bonds. The van der Waals surface area contributed by atoms with Crippen molar-refractivity contribution in [3.8, 4) is 11.1 Å². The van der Waals surface area contributed by atoms with Crippen LogP contribution in [0.3, 0.4) is 0 Å². The molecule has 4 heteroatoms. The summed E-state index contributed by atoms with van der Waals surface area (Å²) in [6.45, 7) is 0. The standard InChI is InChI=1S/C22H17NO3/c24-21(14-15-23-20-12-10-19(11-13-20)22(25)26)18-8-6-17(7-9-18)16-4-2-1-3-5-16/h1-15,23H,(H,25,26). The molecule has 128 valence electrons. The molecule has 0 fully saturated rings. The molecule has 0 saturated carbocycles. The maximum absolute atomic E-state index is 12.2. The molecule has 0 aliphatic rings. The van der Waals surface area contributed by atoms with Gasteiger partial charge < -0.3 is 10.4 Å². The average molecular weight is 343 g/mol. The van der Waals surface area contributed by atoms with Crippen LogP contribution in [0.2, 0.25) is 0 Å². The van der Waals surface area contributed by atoms with Crippen molar-refractivity contribution in [3.05, 3.63) is 102 Å². The Labute approximate surface area is 151 Å². The average Bonchev–Trinajstić information content (AvgIpc) is 2.69. The second-order valence-electron chi connectivity index (χ2n) is 5.67. The lowest BCUT2D eigenvalue weighted by Crippen LogP contribution is -1.98. The van der Waals surface area contributed by atoms with E-state index in [1.54, 1.807) is 30.5 Å². The van der Waals surface area contributed by atoms with E-state index in [0.717, 1.165) is 11.1 Å². The largest absolute Gasteiger partial charge is 0.478 e. The summed E-state index contributed by atoms with van der Waals surface area (Å²) in [6, 6.07) is 23.7. The van der Waals surface area contributed by atoms with Crippen molar-refractivity contribution in [1.82, 2.24) is 0 Å². The lowest BCUT2D eigenvalue weighted by Gasteiger charge is -2.03. The minimum absolute atomic E-state index is 0.112. The van der Waals surface area contributed by atoms with Gasteiger partial charge in [0.15, 0.2) is 5.78 Å². The maximum Gasteiger partial charge on any atom is 0.335 e. The molecule has 3 aromatic rings. The van der Waals surface area contributed by atoms with E-state index in [1.165, 1.54) is 18.2 Å². The number of rotatable bonds is 6. The molecule has 4 nitrogen and oxygen atoms in total. The van der Waals surface area contributed by atoms with Gasteiger partial charge in [-0.2, -0.15) is 0 Å². The normalized spacial score (nSPS) is 10.6. The highest BCUT2D eigenvalue weighted by atomic mass is 16.4. The first-order chi connectivity index (χ1) is 12.6. The minimum Gasteiger partial charge on any atom is -0.478 e. The second kappa shape index (κ2) is 7.94. The number of hydrogen-bond donors (Lipinski definition) is 2. The third-order valence-electron chi connectivity index (χ3n) is 3.89. The SMILES string of the molecule is O=C(O)c1ccc(NC=CC(=O)c2ccc(-c3ccccc3)cc2)cc1. The van der Waals surface area contributed by atoms with Crippen molar-refractivity contribution >= 4 is 17.4 Å². The Morgan fingerprint density at radius 2 is 1.31 bits per heavy atom. The zero-order valence-corrected chi connectivity index (χ0v) is 13.9. The zero-order chi connectivity index (χ0) is 18.4. The molecule has 0 unspecified atom stereocenters. The van der Waals surface area contributed by atoms with Crippen molar-refractivity contribution in [3.63, 3.8) is 0 Å². The van der Waals surface area contributed by atoms with Crippen LogP contribution in [0.4, 0.5) is 5.69 Å². The van der Waals surface area contributed by atoms with E-state index in [9.17, 15) is 9.59 Å². The van der Waals surface area contributed by atoms with E-state index in [4.69, 9.17) is 5.11 Å². The van der Waals surface area contributed by atoms with Gasteiger partial charge in [0.1, 0.15) is 0 Å². The Morgan fingerprint density at radius 1 is 0.731 bits per heavy atom. The van der Waals surface area contributed by atoms with Gasteiger partial charge in [-0.25, -0.2) is 4.79 Å². The van der Waals surface area contributed by atoms with Crippen LogP contribution in [0.25, 0.3) is 11.1 Å². The molecule has 26 heavy (non-hydrogen) atoms. The third-order valence-corrected chi connectivity index (χ3v) is 3.89. The van der Waals surface area contributed by atoms with Gasteiger partial charge in [-0.15, -0.1) is 0 Å². The molecule has 3 rings (SSSR count). The zero-order valence-electron chi connectivity index (χ0n) is 13.9. The molecule has 0 bridgehead atoms. The lowest BCUT2D eigenvalue weighted by molar-refractivity contribution is 0.0696. The summed E-state index contributed by atoms with van der Waals surface area (Å²) in [5.41, 5.74) is 3.69. The van der Waals surface area contributed by atoms with Gasteiger partial charge in [-0.05, 0) is 35.4 Å². The van der Waals surface area contributed by atoms with E-state index in [0.29, 0.717) is 11.3 Å². The lowest BCUT2D eigenvalue weighted by atomic mass is 10.0. The molecule has 0 atom stereocenters. The first kappa shape index (κ1) is 17.2. The molecule has 3 aromatic carbocycles. The van der Waals surface area contributed by atoms with Gasteiger partial charge in [-0.1, -0.05) is 54.6 Å². The Bertz CT molecular complexity index is 927. The van der Waals surface area contributed by atoms with E-state index >= 15 is 0 Å². The molecule has 0 aromatic heterocycles. The summed E-state index contributed by atoms with van der Waals surface area (Å²) < 4.78 is 0. The molecule has 0 saturated heterocycles. The third kappa shape index (κ3) is 4.24. The summed E-state index contributed by atoms with van der Waals surface area (Å²) in [5, 5.41) is 11.8. The number of carbonyl (C=O) groups is 2. The van der Waals surface area contributed by atoms with Crippen molar-refractivity contribution in [1.29, 1.82) is 0 Å². The molecule has 0 spiro atoms. The van der Waals surface area contributed by atoms with Crippen LogP contribution >= 0.6 is 0 Å². The quantitative estimate of drug-likeness (QED) is 0.495. The topological polar surface area (TPSA) is 66.4 Å². The number of hydrogen-bond acceptors (Lipinski definition) is 3. The molecule has 2 N–H and O–H groups in total. The predicted octanol–water partition coefficient (Wildman–Crippen LogP) is 4.86. The summed E-state index contributed by atoms with van der Waals surface area (Å²) >= 11 is 0. The monoisotopic (exact) mass is 343 g/mol. The number of aromatic carboxylic acids is 1. The smallest absolute Gasteiger partial charge is 0.335 e. The fourth-order valence-electron chi connectivity index (χ4n) is 2.48. The van der Waals surface area contributed by atoms with Crippen LogP contribution in [-0.4, -0.2) is 16.9 Å². The molecule has 0 aliphatic heterocycles. The van der Waals surface area contributed by atoms with Gasteiger partial charge in [-0.3, -0.25) is 4.79 Å². The van der Waals surface area contributed by atoms with Gasteiger partial charge in [0, 0.05) is 23.5 Å². The second-order valence-corrected chi connectivity index (χ2v) is 5.67. The van der Waals surface area contributed by atoms with Crippen LogP contribution in [0.5, 0.6) is 0 Å². The van der Waals surface area contributed by atoms with E-state index in [1.807, 2.05) is 42.5 Å². The molecule has 0 heterocycles. The summed E-state index contributed by atoms with van der Waals surface area (Å²) in [7, 11) is 0. The number of anilines is 1. The number of carboxylic acids is 1. The number of ketones is 1. The summed E-state index contributed by atoms with van der Waals surface area (Å²) in [5.74, 6) is -1.08. The minimum atomic E-state index is -0.971.